The lowest BCUT2D eigenvalue weighted by atomic mass is 10.1. The lowest BCUT2D eigenvalue weighted by Gasteiger charge is -2.01. The molecular weight excluding hydrogens is 234 g/mol. The Kier molecular flexibility index (Phi) is 4.27. The van der Waals surface area contributed by atoms with Gasteiger partial charge in [0.25, 0.3) is 5.69 Å². The zero-order valence-electron chi connectivity index (χ0n) is 10.1. The van der Waals surface area contributed by atoms with Gasteiger partial charge in [0.05, 0.1) is 17.2 Å². The molecule has 0 saturated carbocycles. The van der Waals surface area contributed by atoms with Crippen LogP contribution >= 0.6 is 0 Å². The number of nitrogens with zero attached hydrogens (tertiary/aromatic N) is 1. The van der Waals surface area contributed by atoms with Crippen LogP contribution in [0.2, 0.25) is 0 Å². The molecule has 0 saturated heterocycles. The maximum Gasteiger partial charge on any atom is 0.274 e. The monoisotopic (exact) mass is 247 g/mol. The molecule has 0 spiro atoms. The fraction of sp³-hybridized carbons (Fsp3) is 0.250. The van der Waals surface area contributed by atoms with Crippen LogP contribution in [0.5, 0.6) is 0 Å². The Bertz CT molecular complexity index is 556. The Labute approximate surface area is 104 Å². The summed E-state index contributed by atoms with van der Waals surface area (Å²) in [5, 5.41) is 13.2. The summed E-state index contributed by atoms with van der Waals surface area (Å²) < 4.78 is 0. The van der Waals surface area contributed by atoms with E-state index in [1.165, 1.54) is 13.0 Å². The van der Waals surface area contributed by atoms with Gasteiger partial charge in [0.1, 0.15) is 0 Å². The first-order valence-corrected chi connectivity index (χ1v) is 5.19. The zero-order valence-corrected chi connectivity index (χ0v) is 10.1. The number of benzene rings is 1. The third kappa shape index (κ3) is 3.49. The van der Waals surface area contributed by atoms with E-state index < -0.39 is 4.92 Å². The van der Waals surface area contributed by atoms with E-state index in [4.69, 9.17) is 5.73 Å². The summed E-state index contributed by atoms with van der Waals surface area (Å²) >= 11 is 0. The van der Waals surface area contributed by atoms with Crippen LogP contribution in [-0.2, 0) is 4.79 Å². The van der Waals surface area contributed by atoms with Gasteiger partial charge in [0.15, 0.2) is 0 Å². The molecule has 1 aromatic rings. The Morgan fingerprint density at radius 2 is 2.22 bits per heavy atom. The highest BCUT2D eigenvalue weighted by Gasteiger charge is 2.12. The molecule has 18 heavy (non-hydrogen) atoms. The minimum atomic E-state index is -0.486. The number of carbonyl (C=O) groups excluding carboxylic acids is 1. The van der Waals surface area contributed by atoms with E-state index in [0.29, 0.717) is 11.1 Å². The standard InChI is InChI=1S/C12H13N3O3/c1-8-6-10(4-3-5-14-9(2)16)11(13)7-12(8)15(17)18/h6-7H,5,13H2,1-2H3,(H,14,16). The van der Waals surface area contributed by atoms with Gasteiger partial charge in [-0.2, -0.15) is 0 Å². The largest absolute Gasteiger partial charge is 0.398 e. The van der Waals surface area contributed by atoms with Gasteiger partial charge < -0.3 is 11.1 Å². The number of hydrogen-bond donors (Lipinski definition) is 2. The van der Waals surface area contributed by atoms with Crippen molar-refractivity contribution in [1.29, 1.82) is 0 Å². The molecule has 0 aromatic heterocycles. The number of nitro benzene ring substituents is 1. The molecule has 6 heteroatoms. The summed E-state index contributed by atoms with van der Waals surface area (Å²) in [6, 6.07) is 2.85. The summed E-state index contributed by atoms with van der Waals surface area (Å²) in [6.45, 7) is 3.23. The minimum absolute atomic E-state index is 0.0279. The number of anilines is 1. The van der Waals surface area contributed by atoms with E-state index in [-0.39, 0.29) is 23.8 Å². The topological polar surface area (TPSA) is 98.3 Å². The summed E-state index contributed by atoms with van der Waals surface area (Å²) in [5.74, 6) is 5.31. The SMILES string of the molecule is CC(=O)NCC#Cc1cc(C)c([N+](=O)[O-])cc1N. The number of hydrogen-bond acceptors (Lipinski definition) is 4. The molecule has 1 amide bonds. The number of nitro groups is 1. The minimum Gasteiger partial charge on any atom is -0.398 e. The predicted octanol–water partition coefficient (Wildman–Crippen LogP) is 0.973. The first-order chi connectivity index (χ1) is 8.41. The Morgan fingerprint density at radius 3 is 2.78 bits per heavy atom. The van der Waals surface area contributed by atoms with Crippen LogP contribution in [0.1, 0.15) is 18.1 Å². The molecule has 6 nitrogen and oxygen atoms in total. The maximum absolute atomic E-state index is 10.7. The highest BCUT2D eigenvalue weighted by molar-refractivity contribution is 5.73. The second-order valence-corrected chi connectivity index (χ2v) is 3.69. The number of rotatable bonds is 2. The van der Waals surface area contributed by atoms with Crippen molar-refractivity contribution in [2.75, 3.05) is 12.3 Å². The molecule has 94 valence electrons. The van der Waals surface area contributed by atoms with Crippen molar-refractivity contribution in [1.82, 2.24) is 5.32 Å². The summed E-state index contributed by atoms with van der Waals surface area (Å²) in [6.07, 6.45) is 0. The zero-order chi connectivity index (χ0) is 13.7. The van der Waals surface area contributed by atoms with E-state index in [1.807, 2.05) is 0 Å². The van der Waals surface area contributed by atoms with Gasteiger partial charge in [0, 0.05) is 24.1 Å². The molecule has 3 N–H and O–H groups in total. The lowest BCUT2D eigenvalue weighted by Crippen LogP contribution is -2.19. The fourth-order valence-electron chi connectivity index (χ4n) is 1.33. The molecular formula is C12H13N3O3. The maximum atomic E-state index is 10.7. The van der Waals surface area contributed by atoms with E-state index in [0.717, 1.165) is 0 Å². The van der Waals surface area contributed by atoms with E-state index in [1.54, 1.807) is 13.0 Å². The smallest absolute Gasteiger partial charge is 0.274 e. The molecule has 0 fully saturated rings. The van der Waals surface area contributed by atoms with Crippen molar-refractivity contribution in [2.24, 2.45) is 0 Å². The van der Waals surface area contributed by atoms with Crippen molar-refractivity contribution >= 4 is 17.3 Å². The summed E-state index contributed by atoms with van der Waals surface area (Å²) in [4.78, 5) is 20.8. The molecule has 0 heterocycles. The molecule has 1 aromatic carbocycles. The first kappa shape index (κ1) is 13.5. The van der Waals surface area contributed by atoms with Crippen LogP contribution in [0.4, 0.5) is 11.4 Å². The molecule has 0 aliphatic rings. The Hall–Kier alpha value is -2.55. The average Bonchev–Trinajstić information content (AvgIpc) is 2.27. The van der Waals surface area contributed by atoms with Gasteiger partial charge in [0.2, 0.25) is 5.91 Å². The summed E-state index contributed by atoms with van der Waals surface area (Å²) in [7, 11) is 0. The number of carbonyl (C=O) groups is 1. The lowest BCUT2D eigenvalue weighted by molar-refractivity contribution is -0.385. The van der Waals surface area contributed by atoms with Gasteiger partial charge in [-0.25, -0.2) is 0 Å². The third-order valence-electron chi connectivity index (χ3n) is 2.21. The molecule has 0 radical (unpaired) electrons. The van der Waals surface area contributed by atoms with Gasteiger partial charge >= 0.3 is 0 Å². The van der Waals surface area contributed by atoms with Crippen molar-refractivity contribution < 1.29 is 9.72 Å². The predicted molar refractivity (Wildman–Crippen MR) is 67.8 cm³/mol. The first-order valence-electron chi connectivity index (χ1n) is 5.19. The van der Waals surface area contributed by atoms with Crippen LogP contribution in [0.3, 0.4) is 0 Å². The van der Waals surface area contributed by atoms with Crippen molar-refractivity contribution in [2.45, 2.75) is 13.8 Å². The number of aryl methyl sites for hydroxylation is 1. The van der Waals surface area contributed by atoms with Gasteiger partial charge in [-0.3, -0.25) is 14.9 Å². The van der Waals surface area contributed by atoms with Crippen LogP contribution < -0.4 is 11.1 Å². The van der Waals surface area contributed by atoms with Gasteiger partial charge in [-0.1, -0.05) is 11.8 Å². The molecule has 0 aliphatic heterocycles. The summed E-state index contributed by atoms with van der Waals surface area (Å²) in [5.41, 5.74) is 6.92. The second-order valence-electron chi connectivity index (χ2n) is 3.69. The van der Waals surface area contributed by atoms with Crippen molar-refractivity contribution in [3.05, 3.63) is 33.4 Å². The molecule has 1 rings (SSSR count). The van der Waals surface area contributed by atoms with Gasteiger partial charge in [-0.05, 0) is 13.0 Å². The Morgan fingerprint density at radius 1 is 1.56 bits per heavy atom. The van der Waals surface area contributed by atoms with Gasteiger partial charge in [-0.15, -0.1) is 0 Å². The van der Waals surface area contributed by atoms with Crippen LogP contribution in [0.25, 0.3) is 0 Å². The normalized spacial score (nSPS) is 9.22. The Balaban J connectivity index is 2.94. The average molecular weight is 247 g/mol. The number of nitrogen functional groups attached to an aromatic ring is 1. The van der Waals surface area contributed by atoms with Crippen LogP contribution in [0, 0.1) is 28.9 Å². The second kappa shape index (κ2) is 5.68. The van der Waals surface area contributed by atoms with Crippen molar-refractivity contribution in [3.63, 3.8) is 0 Å². The van der Waals surface area contributed by atoms with Crippen LogP contribution in [0.15, 0.2) is 12.1 Å². The number of nitrogens with two attached hydrogens (primary N) is 1. The highest BCUT2D eigenvalue weighted by atomic mass is 16.6. The third-order valence-corrected chi connectivity index (χ3v) is 2.21. The number of nitrogens with one attached hydrogen (secondary N) is 1. The molecule has 0 atom stereocenters. The van der Waals surface area contributed by atoms with Crippen LogP contribution in [-0.4, -0.2) is 17.4 Å². The quantitative estimate of drug-likeness (QED) is 0.352. The molecule has 0 bridgehead atoms. The highest BCUT2D eigenvalue weighted by Crippen LogP contribution is 2.23. The number of amides is 1. The fourth-order valence-corrected chi connectivity index (χ4v) is 1.33. The van der Waals surface area contributed by atoms with E-state index in [2.05, 4.69) is 17.2 Å². The molecule has 0 aliphatic carbocycles. The van der Waals surface area contributed by atoms with E-state index >= 15 is 0 Å². The van der Waals surface area contributed by atoms with E-state index in [9.17, 15) is 14.9 Å². The van der Waals surface area contributed by atoms with Crippen molar-refractivity contribution in [3.8, 4) is 11.8 Å². The molecule has 0 unspecified atom stereocenters.